The van der Waals surface area contributed by atoms with Gasteiger partial charge in [0.05, 0.1) is 24.4 Å². The van der Waals surface area contributed by atoms with Crippen LogP contribution in [-0.2, 0) is 11.3 Å². The Morgan fingerprint density at radius 3 is 3.09 bits per heavy atom. The number of hydrogen-bond donors (Lipinski definition) is 2. The molecule has 1 aromatic rings. The number of aromatic nitrogens is 1. The monoisotopic (exact) mass is 306 g/mol. The first kappa shape index (κ1) is 15.4. The van der Waals surface area contributed by atoms with Crippen molar-refractivity contribution in [3.05, 3.63) is 29.6 Å². The van der Waals surface area contributed by atoms with E-state index in [4.69, 9.17) is 4.74 Å². The van der Waals surface area contributed by atoms with Crippen LogP contribution in [0.15, 0.2) is 18.3 Å². The fourth-order valence-electron chi connectivity index (χ4n) is 3.76. The highest BCUT2D eigenvalue weighted by atomic mass is 16.5. The predicted octanol–water partition coefficient (Wildman–Crippen LogP) is 0.718. The van der Waals surface area contributed by atoms with E-state index in [9.17, 15) is 15.0 Å². The number of amides is 1. The average molecular weight is 306 g/mol. The molecule has 2 heterocycles. The van der Waals surface area contributed by atoms with E-state index in [1.807, 2.05) is 0 Å². The molecule has 1 saturated heterocycles. The topological polar surface area (TPSA) is 82.9 Å². The number of carbonyl (C=O) groups excluding carboxylic acids is 1. The van der Waals surface area contributed by atoms with Gasteiger partial charge < -0.3 is 19.8 Å². The van der Waals surface area contributed by atoms with Crippen molar-refractivity contribution in [3.8, 4) is 0 Å². The maximum atomic E-state index is 12.8. The Kier molecular flexibility index (Phi) is 4.16. The first-order chi connectivity index (χ1) is 10.6. The van der Waals surface area contributed by atoms with Gasteiger partial charge in [-0.25, -0.2) is 0 Å². The number of aliphatic hydroxyl groups excluding tert-OH is 2. The number of nitrogens with zero attached hydrogens (tertiary/aromatic N) is 2. The van der Waals surface area contributed by atoms with E-state index in [0.717, 1.165) is 12.8 Å². The number of methoxy groups -OCH3 is 1. The Morgan fingerprint density at radius 2 is 2.36 bits per heavy atom. The molecule has 2 aliphatic rings. The summed E-state index contributed by atoms with van der Waals surface area (Å²) in [5, 5.41) is 19.2. The standard InChI is InChI=1S/C16H22N2O4/c1-22-16-4-2-12(20)9-14(16)18(7-5-16)15(21)13-8-11(10-19)3-6-17-13/h3,6,8,12,14,19-20H,2,4-5,7,9-10H2,1H3/t12-,14-,16+/m1/s1. The van der Waals surface area contributed by atoms with Gasteiger partial charge in [-0.1, -0.05) is 0 Å². The molecule has 120 valence electrons. The molecule has 0 unspecified atom stereocenters. The summed E-state index contributed by atoms with van der Waals surface area (Å²) in [7, 11) is 1.68. The summed E-state index contributed by atoms with van der Waals surface area (Å²) >= 11 is 0. The van der Waals surface area contributed by atoms with Crippen molar-refractivity contribution >= 4 is 5.91 Å². The van der Waals surface area contributed by atoms with Crippen LogP contribution in [0.5, 0.6) is 0 Å². The molecule has 2 fully saturated rings. The summed E-state index contributed by atoms with van der Waals surface area (Å²) in [5.74, 6) is -0.159. The zero-order valence-corrected chi connectivity index (χ0v) is 12.7. The quantitative estimate of drug-likeness (QED) is 0.860. The van der Waals surface area contributed by atoms with Crippen LogP contribution in [0.2, 0.25) is 0 Å². The fourth-order valence-corrected chi connectivity index (χ4v) is 3.76. The van der Waals surface area contributed by atoms with Crippen molar-refractivity contribution in [2.24, 2.45) is 0 Å². The van der Waals surface area contributed by atoms with E-state index in [1.54, 1.807) is 24.1 Å². The third-order valence-corrected chi connectivity index (χ3v) is 5.05. The van der Waals surface area contributed by atoms with E-state index in [0.29, 0.717) is 30.6 Å². The van der Waals surface area contributed by atoms with Crippen LogP contribution in [-0.4, -0.2) is 57.4 Å². The smallest absolute Gasteiger partial charge is 0.272 e. The third-order valence-electron chi connectivity index (χ3n) is 5.05. The molecule has 0 bridgehead atoms. The zero-order valence-electron chi connectivity index (χ0n) is 12.7. The van der Waals surface area contributed by atoms with Crippen LogP contribution >= 0.6 is 0 Å². The molecule has 6 nitrogen and oxygen atoms in total. The number of rotatable bonds is 3. The average Bonchev–Trinajstić information content (AvgIpc) is 2.93. The number of fused-ring (bicyclic) bond motifs is 1. The lowest BCUT2D eigenvalue weighted by molar-refractivity contribution is -0.0824. The molecule has 2 N–H and O–H groups in total. The molecule has 3 atom stereocenters. The molecule has 1 aliphatic heterocycles. The maximum absolute atomic E-state index is 12.8. The Balaban J connectivity index is 1.86. The second-order valence-corrected chi connectivity index (χ2v) is 6.17. The fraction of sp³-hybridized carbons (Fsp3) is 0.625. The second kappa shape index (κ2) is 5.95. The molecule has 3 rings (SSSR count). The van der Waals surface area contributed by atoms with Gasteiger partial charge in [0.15, 0.2) is 0 Å². The van der Waals surface area contributed by atoms with Gasteiger partial charge in [-0.05, 0) is 43.4 Å². The molecule has 0 radical (unpaired) electrons. The number of ether oxygens (including phenoxy) is 1. The SMILES string of the molecule is CO[C@]12CC[C@@H](O)C[C@H]1N(C(=O)c1cc(CO)ccn1)CC2. The van der Waals surface area contributed by atoms with Crippen molar-refractivity contribution < 1.29 is 19.7 Å². The van der Waals surface area contributed by atoms with E-state index >= 15 is 0 Å². The second-order valence-electron chi connectivity index (χ2n) is 6.17. The molecular weight excluding hydrogens is 284 g/mol. The molecule has 1 saturated carbocycles. The molecule has 6 heteroatoms. The summed E-state index contributed by atoms with van der Waals surface area (Å²) < 4.78 is 5.75. The van der Waals surface area contributed by atoms with Crippen molar-refractivity contribution in [3.63, 3.8) is 0 Å². The van der Waals surface area contributed by atoms with Gasteiger partial charge in [0, 0.05) is 19.9 Å². The lowest BCUT2D eigenvalue weighted by Crippen LogP contribution is -2.52. The minimum absolute atomic E-state index is 0.117. The summed E-state index contributed by atoms with van der Waals surface area (Å²) in [4.78, 5) is 18.7. The molecule has 22 heavy (non-hydrogen) atoms. The van der Waals surface area contributed by atoms with Crippen molar-refractivity contribution in [1.29, 1.82) is 0 Å². The number of carbonyl (C=O) groups is 1. The van der Waals surface area contributed by atoms with Gasteiger partial charge in [0.2, 0.25) is 0 Å². The molecule has 0 aromatic carbocycles. The minimum Gasteiger partial charge on any atom is -0.393 e. The van der Waals surface area contributed by atoms with Crippen LogP contribution in [0.25, 0.3) is 0 Å². The summed E-state index contributed by atoms with van der Waals surface area (Å²) in [6.07, 6.45) is 3.95. The van der Waals surface area contributed by atoms with E-state index in [2.05, 4.69) is 4.98 Å². The van der Waals surface area contributed by atoms with Crippen molar-refractivity contribution in [2.75, 3.05) is 13.7 Å². The molecule has 1 aromatic heterocycles. The predicted molar refractivity (Wildman–Crippen MR) is 79.2 cm³/mol. The zero-order chi connectivity index (χ0) is 15.7. The number of likely N-dealkylation sites (tertiary alicyclic amines) is 1. The normalized spacial score (nSPS) is 31.1. The Bertz CT molecular complexity index is 565. The molecule has 1 aliphatic carbocycles. The summed E-state index contributed by atoms with van der Waals surface area (Å²) in [6.45, 7) is 0.488. The molecular formula is C16H22N2O4. The Labute approximate surface area is 129 Å². The highest BCUT2D eigenvalue weighted by Crippen LogP contribution is 2.42. The lowest BCUT2D eigenvalue weighted by atomic mass is 9.79. The maximum Gasteiger partial charge on any atom is 0.272 e. The van der Waals surface area contributed by atoms with Crippen LogP contribution < -0.4 is 0 Å². The van der Waals surface area contributed by atoms with E-state index in [-0.39, 0.29) is 24.2 Å². The molecule has 1 amide bonds. The Hall–Kier alpha value is -1.50. The summed E-state index contributed by atoms with van der Waals surface area (Å²) in [6, 6.07) is 3.19. The van der Waals surface area contributed by atoms with Gasteiger partial charge in [-0.2, -0.15) is 0 Å². The largest absolute Gasteiger partial charge is 0.393 e. The summed E-state index contributed by atoms with van der Waals surface area (Å²) in [5.41, 5.74) is 0.654. The van der Waals surface area contributed by atoms with Crippen LogP contribution in [0, 0.1) is 0 Å². The highest BCUT2D eigenvalue weighted by Gasteiger charge is 2.52. The Morgan fingerprint density at radius 1 is 1.55 bits per heavy atom. The number of pyridine rings is 1. The van der Waals surface area contributed by atoms with Crippen molar-refractivity contribution in [1.82, 2.24) is 9.88 Å². The van der Waals surface area contributed by atoms with Crippen LogP contribution in [0.4, 0.5) is 0 Å². The van der Waals surface area contributed by atoms with Gasteiger partial charge in [-0.3, -0.25) is 9.78 Å². The van der Waals surface area contributed by atoms with Gasteiger partial charge in [-0.15, -0.1) is 0 Å². The highest BCUT2D eigenvalue weighted by molar-refractivity contribution is 5.93. The first-order valence-electron chi connectivity index (χ1n) is 7.69. The number of hydrogen-bond acceptors (Lipinski definition) is 5. The van der Waals surface area contributed by atoms with Gasteiger partial charge in [0.1, 0.15) is 5.69 Å². The number of aliphatic hydroxyl groups is 2. The van der Waals surface area contributed by atoms with Crippen molar-refractivity contribution in [2.45, 2.75) is 50.0 Å². The van der Waals surface area contributed by atoms with Crippen LogP contribution in [0.1, 0.15) is 41.7 Å². The minimum atomic E-state index is -0.390. The third kappa shape index (κ3) is 2.51. The van der Waals surface area contributed by atoms with E-state index in [1.165, 1.54) is 6.20 Å². The van der Waals surface area contributed by atoms with E-state index < -0.39 is 6.10 Å². The van der Waals surface area contributed by atoms with Gasteiger partial charge in [0.25, 0.3) is 5.91 Å². The van der Waals surface area contributed by atoms with Gasteiger partial charge >= 0.3 is 0 Å². The lowest BCUT2D eigenvalue weighted by Gasteiger charge is -2.42. The first-order valence-corrected chi connectivity index (χ1v) is 7.69. The van der Waals surface area contributed by atoms with Crippen LogP contribution in [0.3, 0.4) is 0 Å². The molecule has 0 spiro atoms.